The summed E-state index contributed by atoms with van der Waals surface area (Å²) >= 11 is 12.0. The van der Waals surface area contributed by atoms with Crippen molar-refractivity contribution in [3.63, 3.8) is 0 Å². The number of piperidine rings is 1. The van der Waals surface area contributed by atoms with Gasteiger partial charge in [0.2, 0.25) is 16.0 Å². The molecule has 0 aliphatic carbocycles. The highest BCUT2D eigenvalue weighted by atomic mass is 35.5. The van der Waals surface area contributed by atoms with E-state index >= 15 is 0 Å². The molecule has 7 nitrogen and oxygen atoms in total. The molecule has 0 spiro atoms. The number of hydrogen-bond acceptors (Lipinski definition) is 5. The number of sulfonamides is 1. The summed E-state index contributed by atoms with van der Waals surface area (Å²) in [7, 11) is -3.11. The summed E-state index contributed by atoms with van der Waals surface area (Å²) in [4.78, 5) is 9.02. The van der Waals surface area contributed by atoms with Crippen LogP contribution in [-0.2, 0) is 10.0 Å². The predicted molar refractivity (Wildman–Crippen MR) is 102 cm³/mol. The van der Waals surface area contributed by atoms with Gasteiger partial charge in [-0.05, 0) is 31.0 Å². The zero-order chi connectivity index (χ0) is 18.0. The van der Waals surface area contributed by atoms with E-state index in [-0.39, 0.29) is 6.04 Å². The van der Waals surface area contributed by atoms with Crippen molar-refractivity contribution >= 4 is 50.7 Å². The lowest BCUT2D eigenvalue weighted by Gasteiger charge is -2.28. The fourth-order valence-electron chi connectivity index (χ4n) is 2.80. The molecule has 0 amide bonds. The second-order valence-corrected chi connectivity index (χ2v) is 8.90. The summed E-state index contributed by atoms with van der Waals surface area (Å²) in [6.07, 6.45) is 2.67. The maximum atomic E-state index is 11.5. The minimum absolute atomic E-state index is 0.107. The van der Waals surface area contributed by atoms with Gasteiger partial charge >= 0.3 is 0 Å². The Hall–Kier alpha value is -1.35. The number of nitrogens with zero attached hydrogens (tertiary/aromatic N) is 3. The molecular formula is C15H19Cl2N5O2S. The molecule has 0 radical (unpaired) electrons. The highest BCUT2D eigenvalue weighted by Crippen LogP contribution is 2.22. The summed E-state index contributed by atoms with van der Waals surface area (Å²) in [5.41, 5.74) is 0.742. The molecule has 10 heteroatoms. The topological polar surface area (TPSA) is 86.2 Å². The van der Waals surface area contributed by atoms with Crippen LogP contribution in [0.3, 0.4) is 0 Å². The third-order valence-electron chi connectivity index (χ3n) is 4.01. The summed E-state index contributed by atoms with van der Waals surface area (Å²) < 4.78 is 24.6. The van der Waals surface area contributed by atoms with Gasteiger partial charge in [0.15, 0.2) is 0 Å². The van der Waals surface area contributed by atoms with Crippen LogP contribution in [-0.4, -0.2) is 56.5 Å². The van der Waals surface area contributed by atoms with Crippen LogP contribution < -0.4 is 10.6 Å². The van der Waals surface area contributed by atoms with Crippen molar-refractivity contribution < 1.29 is 8.42 Å². The fourth-order valence-corrected chi connectivity index (χ4v) is 4.20. The number of anilines is 1. The Morgan fingerprint density at radius 1 is 1.24 bits per heavy atom. The van der Waals surface area contributed by atoms with E-state index in [0.717, 1.165) is 11.5 Å². The van der Waals surface area contributed by atoms with Gasteiger partial charge in [0.25, 0.3) is 0 Å². The van der Waals surface area contributed by atoms with Gasteiger partial charge in [-0.3, -0.25) is 4.99 Å². The van der Waals surface area contributed by atoms with Crippen molar-refractivity contribution in [2.75, 3.05) is 31.2 Å². The maximum absolute atomic E-state index is 11.5. The minimum atomic E-state index is -3.11. The summed E-state index contributed by atoms with van der Waals surface area (Å²) in [6, 6.07) is 5.28. The molecule has 1 aromatic carbocycles. The maximum Gasteiger partial charge on any atom is 0.211 e. The first-order valence-electron chi connectivity index (χ1n) is 7.86. The molecule has 25 heavy (non-hydrogen) atoms. The van der Waals surface area contributed by atoms with Crippen molar-refractivity contribution in [1.82, 2.24) is 9.62 Å². The SMILES string of the molecule is CS(=O)(=O)N1CCC(N=C2CN=C(Nc3cc(Cl)cc(Cl)c3)N2)CC1. The van der Waals surface area contributed by atoms with Crippen molar-refractivity contribution in [3.8, 4) is 0 Å². The Kier molecular flexibility index (Phi) is 5.52. The predicted octanol–water partition coefficient (Wildman–Crippen LogP) is 2.19. The lowest BCUT2D eigenvalue weighted by atomic mass is 10.1. The van der Waals surface area contributed by atoms with Crippen molar-refractivity contribution in [3.05, 3.63) is 28.2 Å². The Morgan fingerprint density at radius 2 is 1.88 bits per heavy atom. The minimum Gasteiger partial charge on any atom is -0.326 e. The molecule has 1 aromatic rings. The van der Waals surface area contributed by atoms with Gasteiger partial charge in [0.05, 0.1) is 12.3 Å². The van der Waals surface area contributed by atoms with Crippen LogP contribution in [0, 0.1) is 0 Å². The molecule has 2 heterocycles. The normalized spacial score (nSPS) is 21.2. The Bertz CT molecular complexity index is 797. The molecule has 136 valence electrons. The van der Waals surface area contributed by atoms with Crippen LogP contribution in [0.1, 0.15) is 12.8 Å². The number of benzene rings is 1. The van der Waals surface area contributed by atoms with E-state index in [1.54, 1.807) is 18.2 Å². The van der Waals surface area contributed by atoms with Gasteiger partial charge in [0.1, 0.15) is 12.4 Å². The van der Waals surface area contributed by atoms with E-state index in [0.29, 0.717) is 48.5 Å². The van der Waals surface area contributed by atoms with Crippen LogP contribution >= 0.6 is 23.2 Å². The molecule has 2 N–H and O–H groups in total. The average Bonchev–Trinajstić information content (AvgIpc) is 2.93. The van der Waals surface area contributed by atoms with E-state index in [2.05, 4.69) is 20.6 Å². The first-order valence-corrected chi connectivity index (χ1v) is 10.5. The first kappa shape index (κ1) is 18.4. The highest BCUT2D eigenvalue weighted by Gasteiger charge is 2.25. The van der Waals surface area contributed by atoms with Crippen LogP contribution in [0.15, 0.2) is 28.2 Å². The number of rotatable bonds is 3. The summed E-state index contributed by atoms with van der Waals surface area (Å²) in [5.74, 6) is 1.36. The van der Waals surface area contributed by atoms with Gasteiger partial charge in [-0.1, -0.05) is 23.2 Å². The largest absolute Gasteiger partial charge is 0.326 e. The number of hydrogen-bond donors (Lipinski definition) is 2. The van der Waals surface area contributed by atoms with E-state index in [1.165, 1.54) is 10.6 Å². The van der Waals surface area contributed by atoms with E-state index in [4.69, 9.17) is 23.2 Å². The second-order valence-electron chi connectivity index (χ2n) is 6.04. The molecule has 2 aliphatic rings. The standard InChI is InChI=1S/C15H19Cl2N5O2S/c1-25(23,24)22-4-2-12(3-5-22)19-14-9-18-15(21-14)20-13-7-10(16)6-11(17)8-13/h6-8,12H,2-5,9H2,1H3,(H2,18,19,20,21). The van der Waals surface area contributed by atoms with Gasteiger partial charge < -0.3 is 10.6 Å². The van der Waals surface area contributed by atoms with Crippen LogP contribution in [0.25, 0.3) is 0 Å². The molecule has 0 saturated carbocycles. The monoisotopic (exact) mass is 403 g/mol. The van der Waals surface area contributed by atoms with Crippen molar-refractivity contribution in [2.45, 2.75) is 18.9 Å². The van der Waals surface area contributed by atoms with Crippen molar-refractivity contribution in [2.24, 2.45) is 9.98 Å². The number of guanidine groups is 1. The first-order chi connectivity index (χ1) is 11.8. The zero-order valence-electron chi connectivity index (χ0n) is 13.7. The van der Waals surface area contributed by atoms with Crippen molar-refractivity contribution in [1.29, 1.82) is 0 Å². The number of aliphatic imine (C=N–C) groups is 2. The fraction of sp³-hybridized carbons (Fsp3) is 0.467. The molecular weight excluding hydrogens is 385 g/mol. The third kappa shape index (κ3) is 5.07. The number of amidine groups is 1. The smallest absolute Gasteiger partial charge is 0.211 e. The van der Waals surface area contributed by atoms with Gasteiger partial charge in [-0.25, -0.2) is 17.7 Å². The van der Waals surface area contributed by atoms with Gasteiger partial charge in [0, 0.05) is 28.8 Å². The molecule has 0 atom stereocenters. The van der Waals surface area contributed by atoms with E-state index < -0.39 is 10.0 Å². The van der Waals surface area contributed by atoms with Gasteiger partial charge in [-0.2, -0.15) is 0 Å². The molecule has 0 unspecified atom stereocenters. The third-order valence-corrected chi connectivity index (χ3v) is 5.75. The number of nitrogens with one attached hydrogen (secondary N) is 2. The molecule has 0 bridgehead atoms. The molecule has 1 fully saturated rings. The van der Waals surface area contributed by atoms with Crippen LogP contribution in [0.4, 0.5) is 5.69 Å². The second kappa shape index (κ2) is 7.49. The average molecular weight is 404 g/mol. The van der Waals surface area contributed by atoms with Crippen LogP contribution in [0.5, 0.6) is 0 Å². The number of halogens is 2. The summed E-state index contributed by atoms with van der Waals surface area (Å²) in [5, 5.41) is 7.34. The zero-order valence-corrected chi connectivity index (χ0v) is 16.0. The molecule has 1 saturated heterocycles. The lowest BCUT2D eigenvalue weighted by Crippen LogP contribution is -2.40. The summed E-state index contributed by atoms with van der Waals surface area (Å²) in [6.45, 7) is 1.48. The van der Waals surface area contributed by atoms with Gasteiger partial charge in [-0.15, -0.1) is 0 Å². The lowest BCUT2D eigenvalue weighted by molar-refractivity contribution is 0.323. The highest BCUT2D eigenvalue weighted by molar-refractivity contribution is 7.88. The Labute approximate surface area is 157 Å². The van der Waals surface area contributed by atoms with E-state index in [9.17, 15) is 8.42 Å². The Balaban J connectivity index is 1.55. The van der Waals surface area contributed by atoms with Crippen LogP contribution in [0.2, 0.25) is 10.0 Å². The molecule has 2 aliphatic heterocycles. The molecule has 0 aromatic heterocycles. The molecule has 3 rings (SSSR count). The van der Waals surface area contributed by atoms with E-state index in [1.807, 2.05) is 0 Å². The quantitative estimate of drug-likeness (QED) is 0.809. The Morgan fingerprint density at radius 3 is 2.48 bits per heavy atom.